The third-order valence-electron chi connectivity index (χ3n) is 4.67. The summed E-state index contributed by atoms with van der Waals surface area (Å²) in [4.78, 5) is 12.5. The molecule has 142 valence electrons. The highest BCUT2D eigenvalue weighted by molar-refractivity contribution is 6.03. The van der Waals surface area contributed by atoms with Gasteiger partial charge in [-0.2, -0.15) is 0 Å². The highest BCUT2D eigenvalue weighted by Gasteiger charge is 2.21. The lowest BCUT2D eigenvalue weighted by Gasteiger charge is -2.12. The van der Waals surface area contributed by atoms with Gasteiger partial charge in [0.1, 0.15) is 17.6 Å². The van der Waals surface area contributed by atoms with E-state index in [1.807, 2.05) is 32.9 Å². The smallest absolute Gasteiger partial charge is 0.248 e. The van der Waals surface area contributed by atoms with Crippen LogP contribution in [-0.4, -0.2) is 18.6 Å². The van der Waals surface area contributed by atoms with E-state index in [1.165, 1.54) is 5.56 Å². The van der Waals surface area contributed by atoms with Crippen LogP contribution in [0.4, 0.5) is 5.69 Å². The van der Waals surface area contributed by atoms with Crippen LogP contribution in [0.2, 0.25) is 0 Å². The molecule has 0 saturated carbocycles. The van der Waals surface area contributed by atoms with Crippen molar-refractivity contribution < 1.29 is 14.3 Å². The van der Waals surface area contributed by atoms with Crippen LogP contribution >= 0.6 is 0 Å². The number of anilines is 1. The van der Waals surface area contributed by atoms with Crippen molar-refractivity contribution in [2.75, 3.05) is 11.9 Å². The SMILES string of the molecule is CCOc1cc2c(cc1/C=C/C(=O)Nc1c(C)cc(C)cc1C)OC(C)C2. The van der Waals surface area contributed by atoms with Gasteiger partial charge in [-0.1, -0.05) is 17.7 Å². The Morgan fingerprint density at radius 2 is 1.93 bits per heavy atom. The van der Waals surface area contributed by atoms with Crippen LogP contribution in [-0.2, 0) is 11.2 Å². The standard InChI is InChI=1S/C23H27NO3/c1-6-26-20-13-19-11-17(5)27-21(19)12-18(20)7-8-22(25)24-23-15(3)9-14(2)10-16(23)4/h7-10,12-13,17H,6,11H2,1-5H3,(H,24,25)/b8-7+. The van der Waals surface area contributed by atoms with Crippen molar-refractivity contribution in [2.24, 2.45) is 0 Å². The number of fused-ring (bicyclic) bond motifs is 1. The molecule has 0 saturated heterocycles. The fourth-order valence-electron chi connectivity index (χ4n) is 3.57. The molecule has 0 fully saturated rings. The molecule has 3 rings (SSSR count). The van der Waals surface area contributed by atoms with Gasteiger partial charge in [0.25, 0.3) is 0 Å². The first kappa shape index (κ1) is 19.0. The van der Waals surface area contributed by atoms with E-state index < -0.39 is 0 Å². The molecule has 0 bridgehead atoms. The molecule has 1 heterocycles. The molecular formula is C23H27NO3. The van der Waals surface area contributed by atoms with E-state index in [0.29, 0.717) is 6.61 Å². The number of ether oxygens (including phenoxy) is 2. The van der Waals surface area contributed by atoms with Crippen LogP contribution in [0.1, 0.15) is 41.7 Å². The number of aryl methyl sites for hydroxylation is 3. The molecule has 4 heteroatoms. The van der Waals surface area contributed by atoms with Crippen molar-refractivity contribution in [3.05, 3.63) is 58.2 Å². The number of hydrogen-bond acceptors (Lipinski definition) is 3. The Balaban J connectivity index is 1.81. The quantitative estimate of drug-likeness (QED) is 0.760. The molecule has 2 aromatic carbocycles. The summed E-state index contributed by atoms with van der Waals surface area (Å²) in [5.74, 6) is 1.49. The fourth-order valence-corrected chi connectivity index (χ4v) is 3.57. The molecule has 1 aliphatic rings. The summed E-state index contributed by atoms with van der Waals surface area (Å²) in [6.45, 7) is 10.6. The maximum Gasteiger partial charge on any atom is 0.248 e. The number of hydrogen-bond donors (Lipinski definition) is 1. The van der Waals surface area contributed by atoms with E-state index in [2.05, 4.69) is 31.3 Å². The lowest BCUT2D eigenvalue weighted by molar-refractivity contribution is -0.111. The van der Waals surface area contributed by atoms with Crippen LogP contribution in [0.3, 0.4) is 0 Å². The lowest BCUT2D eigenvalue weighted by Crippen LogP contribution is -2.10. The van der Waals surface area contributed by atoms with Gasteiger partial charge in [-0.05, 0) is 64.0 Å². The Morgan fingerprint density at radius 1 is 1.22 bits per heavy atom. The zero-order chi connectivity index (χ0) is 19.6. The van der Waals surface area contributed by atoms with Gasteiger partial charge in [0.05, 0.1) is 6.61 Å². The van der Waals surface area contributed by atoms with E-state index in [-0.39, 0.29) is 12.0 Å². The molecule has 1 unspecified atom stereocenters. The number of carbonyl (C=O) groups is 1. The van der Waals surface area contributed by atoms with Crippen molar-refractivity contribution in [1.29, 1.82) is 0 Å². The van der Waals surface area contributed by atoms with Gasteiger partial charge in [0, 0.05) is 29.3 Å². The van der Waals surface area contributed by atoms with Crippen molar-refractivity contribution in [2.45, 2.75) is 47.1 Å². The summed E-state index contributed by atoms with van der Waals surface area (Å²) in [6.07, 6.45) is 4.38. The van der Waals surface area contributed by atoms with Crippen molar-refractivity contribution in [3.63, 3.8) is 0 Å². The normalized spacial score (nSPS) is 15.5. The average molecular weight is 365 g/mol. The minimum Gasteiger partial charge on any atom is -0.493 e. The lowest BCUT2D eigenvalue weighted by atomic mass is 10.0. The predicted molar refractivity (Wildman–Crippen MR) is 110 cm³/mol. The van der Waals surface area contributed by atoms with Crippen molar-refractivity contribution >= 4 is 17.7 Å². The number of carbonyl (C=O) groups excluding carboxylic acids is 1. The Labute approximate surface area is 161 Å². The van der Waals surface area contributed by atoms with Gasteiger partial charge in [-0.3, -0.25) is 4.79 Å². The van der Waals surface area contributed by atoms with E-state index in [0.717, 1.165) is 45.9 Å². The number of nitrogens with one attached hydrogen (secondary N) is 1. The van der Waals surface area contributed by atoms with Crippen molar-refractivity contribution in [1.82, 2.24) is 0 Å². The van der Waals surface area contributed by atoms with Gasteiger partial charge in [-0.25, -0.2) is 0 Å². The molecule has 0 aliphatic carbocycles. The molecule has 4 nitrogen and oxygen atoms in total. The van der Waals surface area contributed by atoms with Gasteiger partial charge in [0.15, 0.2) is 0 Å². The molecule has 0 spiro atoms. The summed E-state index contributed by atoms with van der Waals surface area (Å²) in [5, 5.41) is 2.99. The third-order valence-corrected chi connectivity index (χ3v) is 4.67. The van der Waals surface area contributed by atoms with Gasteiger partial charge >= 0.3 is 0 Å². The zero-order valence-electron chi connectivity index (χ0n) is 16.7. The second kappa shape index (κ2) is 7.87. The molecule has 1 atom stereocenters. The van der Waals surface area contributed by atoms with Crippen molar-refractivity contribution in [3.8, 4) is 11.5 Å². The third kappa shape index (κ3) is 4.33. The predicted octanol–water partition coefficient (Wildman–Crippen LogP) is 4.99. The average Bonchev–Trinajstić information content (AvgIpc) is 2.95. The van der Waals surface area contributed by atoms with Crippen LogP contribution in [0, 0.1) is 20.8 Å². The van der Waals surface area contributed by atoms with E-state index >= 15 is 0 Å². The molecule has 0 aromatic heterocycles. The monoisotopic (exact) mass is 365 g/mol. The number of amides is 1. The first-order chi connectivity index (χ1) is 12.9. The number of benzene rings is 2. The Hall–Kier alpha value is -2.75. The fraction of sp³-hybridized carbons (Fsp3) is 0.348. The van der Waals surface area contributed by atoms with Gasteiger partial charge in [0.2, 0.25) is 5.91 Å². The van der Waals surface area contributed by atoms with Crippen LogP contribution in [0.5, 0.6) is 11.5 Å². The summed E-state index contributed by atoms with van der Waals surface area (Å²) in [6, 6.07) is 8.11. The zero-order valence-corrected chi connectivity index (χ0v) is 16.7. The molecule has 1 amide bonds. The molecular weight excluding hydrogens is 338 g/mol. The summed E-state index contributed by atoms with van der Waals surface area (Å²) in [5.41, 5.74) is 6.17. The second-order valence-corrected chi connectivity index (χ2v) is 7.16. The minimum absolute atomic E-state index is 0.165. The largest absolute Gasteiger partial charge is 0.493 e. The topological polar surface area (TPSA) is 47.6 Å². The summed E-state index contributed by atoms with van der Waals surface area (Å²) >= 11 is 0. The minimum atomic E-state index is -0.165. The highest BCUT2D eigenvalue weighted by atomic mass is 16.5. The maximum absolute atomic E-state index is 12.5. The molecule has 0 radical (unpaired) electrons. The second-order valence-electron chi connectivity index (χ2n) is 7.16. The van der Waals surface area contributed by atoms with E-state index in [9.17, 15) is 4.79 Å². The Bertz CT molecular complexity index is 876. The summed E-state index contributed by atoms with van der Waals surface area (Å²) < 4.78 is 11.6. The van der Waals surface area contributed by atoms with Crippen LogP contribution < -0.4 is 14.8 Å². The number of rotatable bonds is 5. The Morgan fingerprint density at radius 3 is 2.59 bits per heavy atom. The van der Waals surface area contributed by atoms with E-state index in [1.54, 1.807) is 12.2 Å². The molecule has 1 N–H and O–H groups in total. The van der Waals surface area contributed by atoms with Crippen LogP contribution in [0.25, 0.3) is 6.08 Å². The maximum atomic E-state index is 12.5. The highest BCUT2D eigenvalue weighted by Crippen LogP contribution is 2.35. The molecule has 1 aliphatic heterocycles. The molecule has 27 heavy (non-hydrogen) atoms. The van der Waals surface area contributed by atoms with Gasteiger partial charge < -0.3 is 14.8 Å². The first-order valence-electron chi connectivity index (χ1n) is 9.40. The first-order valence-corrected chi connectivity index (χ1v) is 9.40. The van der Waals surface area contributed by atoms with Gasteiger partial charge in [-0.15, -0.1) is 0 Å². The Kier molecular flexibility index (Phi) is 5.54. The van der Waals surface area contributed by atoms with Crippen LogP contribution in [0.15, 0.2) is 30.3 Å². The summed E-state index contributed by atoms with van der Waals surface area (Å²) in [7, 11) is 0. The van der Waals surface area contributed by atoms with E-state index in [4.69, 9.17) is 9.47 Å². The molecule has 2 aromatic rings.